The van der Waals surface area contributed by atoms with E-state index in [0.717, 1.165) is 0 Å². The Morgan fingerprint density at radius 2 is 1.83 bits per heavy atom. The minimum atomic E-state index is -1.41. The van der Waals surface area contributed by atoms with Crippen molar-refractivity contribution in [3.05, 3.63) is 10.1 Å². The summed E-state index contributed by atoms with van der Waals surface area (Å²) in [5, 5.41) is 9.04. The molecule has 1 rings (SSSR count). The second-order valence-electron chi connectivity index (χ2n) is 6.74. The lowest BCUT2D eigenvalue weighted by molar-refractivity contribution is -0.777. The van der Waals surface area contributed by atoms with Gasteiger partial charge in [0.15, 0.2) is 5.72 Å². The molecule has 0 bridgehead atoms. The van der Waals surface area contributed by atoms with Crippen LogP contribution in [0.2, 0.25) is 0 Å². The highest BCUT2D eigenvalue weighted by atomic mass is 17.0. The van der Waals surface area contributed by atoms with Gasteiger partial charge in [-0.05, 0) is 40.5 Å². The molecule has 138 valence electrons. The van der Waals surface area contributed by atoms with Crippen LogP contribution in [0.3, 0.4) is 0 Å². The Hall–Kier alpha value is -2.10. The maximum Gasteiger partial charge on any atom is 0.512 e. The fourth-order valence-electron chi connectivity index (χ4n) is 2.30. The van der Waals surface area contributed by atoms with Crippen molar-refractivity contribution in [2.75, 3.05) is 0 Å². The first-order chi connectivity index (χ1) is 10.9. The molecule has 1 fully saturated rings. The van der Waals surface area contributed by atoms with E-state index in [1.807, 2.05) is 0 Å². The monoisotopic (exact) mass is 348 g/mol. The fourth-order valence-corrected chi connectivity index (χ4v) is 2.30. The van der Waals surface area contributed by atoms with Crippen LogP contribution in [0.1, 0.15) is 53.4 Å². The van der Waals surface area contributed by atoms with Gasteiger partial charge in [0.1, 0.15) is 5.60 Å². The molecule has 24 heavy (non-hydrogen) atoms. The van der Waals surface area contributed by atoms with Crippen molar-refractivity contribution >= 4 is 12.1 Å². The van der Waals surface area contributed by atoms with E-state index in [1.165, 1.54) is 6.92 Å². The van der Waals surface area contributed by atoms with Gasteiger partial charge in [0, 0.05) is 12.8 Å². The molecule has 0 radical (unpaired) electrons. The highest BCUT2D eigenvalue weighted by Gasteiger charge is 2.39. The Labute approximate surface area is 139 Å². The van der Waals surface area contributed by atoms with Crippen molar-refractivity contribution < 1.29 is 33.7 Å². The van der Waals surface area contributed by atoms with E-state index in [9.17, 15) is 19.7 Å². The average molecular weight is 348 g/mol. The summed E-state index contributed by atoms with van der Waals surface area (Å²) < 4.78 is 14.9. The Bertz CT molecular complexity index is 480. The van der Waals surface area contributed by atoms with Gasteiger partial charge in [-0.25, -0.2) is 4.79 Å². The fraction of sp³-hybridized carbons (Fsp3) is 0.857. The van der Waals surface area contributed by atoms with Crippen LogP contribution in [-0.2, 0) is 23.8 Å². The molecule has 0 aromatic heterocycles. The van der Waals surface area contributed by atoms with E-state index in [4.69, 9.17) is 15.2 Å². The van der Waals surface area contributed by atoms with Crippen LogP contribution >= 0.6 is 0 Å². The Balaban J connectivity index is 2.45. The summed E-state index contributed by atoms with van der Waals surface area (Å²) in [5.74, 6) is -0.614. The minimum absolute atomic E-state index is 0.247. The molecule has 10 nitrogen and oxygen atoms in total. The third-order valence-corrected chi connectivity index (χ3v) is 3.36. The first-order valence-electron chi connectivity index (χ1n) is 7.63. The maximum atomic E-state index is 12.0. The van der Waals surface area contributed by atoms with Crippen molar-refractivity contribution in [3.63, 3.8) is 0 Å². The molecule has 0 saturated heterocycles. The molecular formula is C14H24N2O8. The topological polar surface area (TPSA) is 140 Å². The molecule has 1 aliphatic rings. The smallest absolute Gasteiger partial charge is 0.460 e. The van der Waals surface area contributed by atoms with Crippen LogP contribution in [0.15, 0.2) is 0 Å². The van der Waals surface area contributed by atoms with Crippen LogP contribution in [-0.4, -0.2) is 34.8 Å². The van der Waals surface area contributed by atoms with E-state index in [2.05, 4.69) is 9.57 Å². The summed E-state index contributed by atoms with van der Waals surface area (Å²) in [6.07, 6.45) is -1.27. The van der Waals surface area contributed by atoms with Crippen molar-refractivity contribution in [3.8, 4) is 0 Å². The predicted octanol–water partition coefficient (Wildman–Crippen LogP) is 1.88. The number of carbonyl (C=O) groups is 2. The first-order valence-corrected chi connectivity index (χ1v) is 7.63. The van der Waals surface area contributed by atoms with Gasteiger partial charge in [-0.1, -0.05) is 0 Å². The first kappa shape index (κ1) is 19.9. The lowest BCUT2D eigenvalue weighted by Crippen LogP contribution is -2.49. The lowest BCUT2D eigenvalue weighted by Gasteiger charge is -2.36. The van der Waals surface area contributed by atoms with Crippen LogP contribution in [0.5, 0.6) is 0 Å². The molecule has 1 aliphatic carbocycles. The molecule has 0 spiro atoms. The molecule has 1 unspecified atom stereocenters. The summed E-state index contributed by atoms with van der Waals surface area (Å²) >= 11 is 0. The van der Waals surface area contributed by atoms with Gasteiger partial charge in [0.05, 0.1) is 5.92 Å². The average Bonchev–Trinajstić information content (AvgIpc) is 2.34. The van der Waals surface area contributed by atoms with Gasteiger partial charge in [-0.3, -0.25) is 15.4 Å². The summed E-state index contributed by atoms with van der Waals surface area (Å²) in [5.41, 5.74) is 4.12. The summed E-state index contributed by atoms with van der Waals surface area (Å²) in [7, 11) is 0. The number of esters is 1. The third-order valence-electron chi connectivity index (χ3n) is 3.36. The van der Waals surface area contributed by atoms with Gasteiger partial charge >= 0.3 is 12.1 Å². The van der Waals surface area contributed by atoms with Gasteiger partial charge in [0.2, 0.25) is 6.29 Å². The molecule has 0 amide bonds. The zero-order chi connectivity index (χ0) is 18.5. The molecule has 1 saturated carbocycles. The van der Waals surface area contributed by atoms with E-state index in [1.54, 1.807) is 20.8 Å². The lowest BCUT2D eigenvalue weighted by atomic mass is 9.84. The molecule has 2 N–H and O–H groups in total. The second-order valence-corrected chi connectivity index (χ2v) is 6.74. The number of nitrogens with two attached hydrogens (primary N) is 1. The van der Waals surface area contributed by atoms with Crippen molar-refractivity contribution in [1.82, 2.24) is 0 Å². The maximum absolute atomic E-state index is 12.0. The zero-order valence-electron chi connectivity index (χ0n) is 14.3. The van der Waals surface area contributed by atoms with Crippen molar-refractivity contribution in [2.45, 2.75) is 71.0 Å². The molecule has 0 aliphatic heterocycles. The molecule has 0 heterocycles. The number of nitrogens with zero attached hydrogens (tertiary/aromatic N) is 1. The van der Waals surface area contributed by atoms with Gasteiger partial charge in [-0.2, -0.15) is 0 Å². The van der Waals surface area contributed by atoms with Crippen molar-refractivity contribution in [2.24, 2.45) is 11.7 Å². The Morgan fingerprint density at radius 3 is 2.29 bits per heavy atom. The van der Waals surface area contributed by atoms with Crippen LogP contribution < -0.4 is 5.73 Å². The predicted molar refractivity (Wildman–Crippen MR) is 79.8 cm³/mol. The van der Waals surface area contributed by atoms with Crippen LogP contribution in [0.4, 0.5) is 4.79 Å². The number of rotatable bonds is 5. The highest BCUT2D eigenvalue weighted by Crippen LogP contribution is 2.33. The highest BCUT2D eigenvalue weighted by molar-refractivity contribution is 5.73. The van der Waals surface area contributed by atoms with E-state index < -0.39 is 28.9 Å². The van der Waals surface area contributed by atoms with Gasteiger partial charge < -0.3 is 14.2 Å². The minimum Gasteiger partial charge on any atom is -0.460 e. The number of carbonyl (C=O) groups excluding carboxylic acids is 2. The molecule has 1 atom stereocenters. The SMILES string of the molecule is CC(OC(=O)OC1(N)CCC(C(=O)OC(C)(C)C)CC1)O[N+](=O)[O-]. The summed E-state index contributed by atoms with van der Waals surface area (Å²) in [6.45, 7) is 6.53. The van der Waals surface area contributed by atoms with Gasteiger partial charge in [0.25, 0.3) is 5.09 Å². The van der Waals surface area contributed by atoms with Crippen molar-refractivity contribution in [1.29, 1.82) is 0 Å². The largest absolute Gasteiger partial charge is 0.512 e. The normalized spacial score (nSPS) is 25.3. The molecule has 10 heteroatoms. The number of hydrogen-bond donors (Lipinski definition) is 1. The second kappa shape index (κ2) is 7.65. The quantitative estimate of drug-likeness (QED) is 0.341. The summed E-state index contributed by atoms with van der Waals surface area (Å²) in [6, 6.07) is 0. The van der Waals surface area contributed by atoms with E-state index >= 15 is 0 Å². The Kier molecular flexibility index (Phi) is 6.35. The third kappa shape index (κ3) is 6.99. The zero-order valence-corrected chi connectivity index (χ0v) is 14.3. The molecule has 0 aromatic carbocycles. The van der Waals surface area contributed by atoms with Crippen LogP contribution in [0, 0.1) is 16.0 Å². The van der Waals surface area contributed by atoms with Gasteiger partial charge in [-0.15, -0.1) is 10.1 Å². The van der Waals surface area contributed by atoms with Crippen LogP contribution in [0.25, 0.3) is 0 Å². The van der Waals surface area contributed by atoms with E-state index in [-0.39, 0.29) is 24.7 Å². The Morgan fingerprint density at radius 1 is 1.29 bits per heavy atom. The molecular weight excluding hydrogens is 324 g/mol. The van der Waals surface area contributed by atoms with E-state index in [0.29, 0.717) is 12.8 Å². The number of ether oxygens (including phenoxy) is 3. The summed E-state index contributed by atoms with van der Waals surface area (Å²) in [4.78, 5) is 37.8. The standard InChI is InChI=1S/C14H24N2O8/c1-9(24-16(19)20)21-12(18)23-14(15)7-5-10(6-8-14)11(17)22-13(2,3)4/h9-10H,5-8,15H2,1-4H3. The molecule has 0 aromatic rings. The number of hydrogen-bond acceptors (Lipinski definition) is 9.